The molecule has 2 aromatic heterocycles. The second kappa shape index (κ2) is 11.4. The van der Waals surface area contributed by atoms with Gasteiger partial charge in [0.15, 0.2) is 5.75 Å². The van der Waals surface area contributed by atoms with Crippen molar-refractivity contribution in [1.82, 2.24) is 15.0 Å². The summed E-state index contributed by atoms with van der Waals surface area (Å²) in [5, 5.41) is 0.430. The van der Waals surface area contributed by atoms with E-state index in [0.29, 0.717) is 5.16 Å². The number of fused-ring (bicyclic) bond motifs is 1. The third kappa shape index (κ3) is 5.32. The van der Waals surface area contributed by atoms with Crippen LogP contribution in [0.25, 0.3) is 11.0 Å². The second-order valence-electron chi connectivity index (χ2n) is 5.46. The molecular weight excluding hydrogens is 390 g/mol. The first-order valence-corrected chi connectivity index (χ1v) is 8.76. The van der Waals surface area contributed by atoms with Crippen molar-refractivity contribution < 1.29 is 35.9 Å². The zero-order valence-electron chi connectivity index (χ0n) is 16.0. The van der Waals surface area contributed by atoms with E-state index in [9.17, 15) is 4.55 Å². The second-order valence-corrected chi connectivity index (χ2v) is 6.83. The molecule has 3 rings (SSSR count). The summed E-state index contributed by atoms with van der Waals surface area (Å²) in [4.78, 5) is 11.9. The molecule has 0 aliphatic rings. The Labute approximate surface area is 165 Å². The number of aromatic nitrogens is 3. The molecular formula is C17H27N3O7S. The standard InChI is InChI=1S/C17H19N3O3S.4H2O/c1-10-8-18-15(11(2)16(10)23-4)9-24(21)17-19-13-6-5-12(22-3)7-14(13)20-17;;;;/h5-8H,9H2,1-4H3,(H,19,20);4*1H2/t24-;;;;/m1..../s1. The molecule has 9 N–H and O–H groups in total. The molecule has 0 saturated carbocycles. The quantitative estimate of drug-likeness (QED) is 0.547. The number of hydrogen-bond donors (Lipinski definition) is 1. The molecule has 1 aromatic carbocycles. The first-order valence-electron chi connectivity index (χ1n) is 7.44. The Kier molecular flexibility index (Phi) is 11.4. The highest BCUT2D eigenvalue weighted by atomic mass is 32.2. The first-order chi connectivity index (χ1) is 11.5. The third-order valence-electron chi connectivity index (χ3n) is 3.90. The molecule has 10 nitrogen and oxygen atoms in total. The van der Waals surface area contributed by atoms with Crippen LogP contribution in [0.2, 0.25) is 0 Å². The number of benzene rings is 1. The van der Waals surface area contributed by atoms with Crippen LogP contribution in [-0.2, 0) is 16.9 Å². The predicted octanol–water partition coefficient (Wildman–Crippen LogP) is -0.399. The van der Waals surface area contributed by atoms with Crippen LogP contribution >= 0.6 is 0 Å². The number of nitrogens with one attached hydrogen (secondary N) is 1. The number of ether oxygens (including phenoxy) is 2. The number of methoxy groups -OCH3 is 2. The van der Waals surface area contributed by atoms with E-state index in [-0.39, 0.29) is 27.7 Å². The van der Waals surface area contributed by atoms with Crippen molar-refractivity contribution in [2.24, 2.45) is 0 Å². The number of hydrogen-bond acceptors (Lipinski definition) is 5. The molecule has 1 atom stereocenters. The van der Waals surface area contributed by atoms with Gasteiger partial charge in [0.2, 0.25) is 0 Å². The molecule has 0 aliphatic heterocycles. The van der Waals surface area contributed by atoms with Crippen LogP contribution in [0.4, 0.5) is 0 Å². The molecule has 2 heterocycles. The summed E-state index contributed by atoms with van der Waals surface area (Å²) in [5.74, 6) is 1.79. The summed E-state index contributed by atoms with van der Waals surface area (Å²) in [6.45, 7) is 3.86. The number of aromatic amines is 1. The largest absolute Gasteiger partial charge is 0.609 e. The third-order valence-corrected chi connectivity index (χ3v) is 5.06. The van der Waals surface area contributed by atoms with Gasteiger partial charge in [-0.2, -0.15) is 4.98 Å². The molecule has 28 heavy (non-hydrogen) atoms. The Balaban J connectivity index is 0. The minimum Gasteiger partial charge on any atom is -0.609 e. The van der Waals surface area contributed by atoms with Crippen molar-refractivity contribution in [2.75, 3.05) is 14.2 Å². The van der Waals surface area contributed by atoms with Gasteiger partial charge in [0.25, 0.3) is 0 Å². The molecule has 0 amide bonds. The summed E-state index contributed by atoms with van der Waals surface area (Å²) in [5.41, 5.74) is 4.16. The number of aryl methyl sites for hydroxylation is 1. The molecule has 0 aliphatic carbocycles. The molecule has 0 spiro atoms. The monoisotopic (exact) mass is 417 g/mol. The average Bonchev–Trinajstić information content (AvgIpc) is 3.01. The highest BCUT2D eigenvalue weighted by Gasteiger charge is 2.21. The molecule has 11 heteroatoms. The number of nitrogens with zero attached hydrogens (tertiary/aromatic N) is 2. The molecule has 0 unspecified atom stereocenters. The van der Waals surface area contributed by atoms with Crippen LogP contribution in [0, 0.1) is 13.8 Å². The van der Waals surface area contributed by atoms with Gasteiger partial charge in [0.05, 0.1) is 30.9 Å². The maximum Gasteiger partial charge on any atom is 0.322 e. The Bertz CT molecular complexity index is 889. The van der Waals surface area contributed by atoms with Crippen LogP contribution in [0.5, 0.6) is 11.5 Å². The van der Waals surface area contributed by atoms with Gasteiger partial charge in [-0.1, -0.05) is 0 Å². The normalized spacial score (nSPS) is 10.6. The summed E-state index contributed by atoms with van der Waals surface area (Å²) in [7, 11) is 3.23. The van der Waals surface area contributed by atoms with E-state index in [0.717, 1.165) is 39.4 Å². The van der Waals surface area contributed by atoms with Gasteiger partial charge in [-0.25, -0.2) is 0 Å². The van der Waals surface area contributed by atoms with Crippen molar-refractivity contribution in [3.63, 3.8) is 0 Å². The van der Waals surface area contributed by atoms with Crippen LogP contribution in [0.3, 0.4) is 0 Å². The smallest absolute Gasteiger partial charge is 0.322 e. The minimum atomic E-state index is -1.33. The van der Waals surface area contributed by atoms with Gasteiger partial charge in [-0.3, -0.25) is 9.97 Å². The van der Waals surface area contributed by atoms with Crippen LogP contribution in [0.15, 0.2) is 29.6 Å². The Morgan fingerprint density at radius 1 is 1.07 bits per heavy atom. The van der Waals surface area contributed by atoms with E-state index in [1.807, 2.05) is 32.0 Å². The zero-order valence-corrected chi connectivity index (χ0v) is 16.9. The number of H-pyrrole nitrogens is 1. The maximum absolute atomic E-state index is 12.7. The van der Waals surface area contributed by atoms with Crippen molar-refractivity contribution in [2.45, 2.75) is 24.8 Å². The molecule has 0 fully saturated rings. The fourth-order valence-electron chi connectivity index (χ4n) is 2.61. The Morgan fingerprint density at radius 3 is 2.36 bits per heavy atom. The lowest BCUT2D eigenvalue weighted by Crippen LogP contribution is -2.10. The minimum absolute atomic E-state index is 0. The van der Waals surface area contributed by atoms with E-state index >= 15 is 0 Å². The van der Waals surface area contributed by atoms with Gasteiger partial charge in [0, 0.05) is 34.6 Å². The van der Waals surface area contributed by atoms with Gasteiger partial charge in [0.1, 0.15) is 11.5 Å². The van der Waals surface area contributed by atoms with Crippen LogP contribution in [-0.4, -0.2) is 55.6 Å². The molecule has 3 aromatic rings. The lowest BCUT2D eigenvalue weighted by molar-refractivity contribution is 0.407. The van der Waals surface area contributed by atoms with E-state index < -0.39 is 11.2 Å². The van der Waals surface area contributed by atoms with E-state index in [2.05, 4.69) is 15.0 Å². The lowest BCUT2D eigenvalue weighted by atomic mass is 10.1. The molecule has 0 radical (unpaired) electrons. The Hall–Kier alpha value is -2.41. The van der Waals surface area contributed by atoms with E-state index in [1.165, 1.54) is 0 Å². The van der Waals surface area contributed by atoms with Gasteiger partial charge >= 0.3 is 5.16 Å². The summed E-state index contributed by atoms with van der Waals surface area (Å²) < 4.78 is 23.3. The molecule has 0 saturated heterocycles. The van der Waals surface area contributed by atoms with Gasteiger partial charge in [-0.15, -0.1) is 0 Å². The molecule has 158 valence electrons. The first kappa shape index (κ1) is 27.8. The van der Waals surface area contributed by atoms with E-state index in [4.69, 9.17) is 9.47 Å². The zero-order chi connectivity index (χ0) is 17.3. The average molecular weight is 417 g/mol. The predicted molar refractivity (Wildman–Crippen MR) is 107 cm³/mol. The SMILES string of the molecule is COc1ccc2nc([S@+]([O-])Cc3ncc(C)c(OC)c3C)[nH]c2c1.O.O.O.O. The van der Waals surface area contributed by atoms with Gasteiger partial charge in [-0.05, 0) is 26.0 Å². The fourth-order valence-corrected chi connectivity index (χ4v) is 3.71. The lowest BCUT2D eigenvalue weighted by Gasteiger charge is -2.13. The topological polar surface area (TPSA) is 209 Å². The van der Waals surface area contributed by atoms with E-state index in [1.54, 1.807) is 20.4 Å². The van der Waals surface area contributed by atoms with Crippen molar-refractivity contribution in [3.05, 3.63) is 41.2 Å². The Morgan fingerprint density at radius 2 is 1.75 bits per heavy atom. The summed E-state index contributed by atoms with van der Waals surface area (Å²) in [6, 6.07) is 5.50. The number of imidazole rings is 1. The number of rotatable bonds is 5. The number of pyridine rings is 1. The highest BCUT2D eigenvalue weighted by Crippen LogP contribution is 2.27. The van der Waals surface area contributed by atoms with Crippen LogP contribution in [0.1, 0.15) is 16.8 Å². The van der Waals surface area contributed by atoms with Gasteiger partial charge < -0.3 is 35.9 Å². The maximum atomic E-state index is 12.7. The highest BCUT2D eigenvalue weighted by molar-refractivity contribution is 7.90. The van der Waals surface area contributed by atoms with Crippen LogP contribution < -0.4 is 9.47 Å². The van der Waals surface area contributed by atoms with Crippen molar-refractivity contribution in [1.29, 1.82) is 0 Å². The summed E-state index contributed by atoms with van der Waals surface area (Å²) >= 11 is -1.33. The van der Waals surface area contributed by atoms with Crippen molar-refractivity contribution >= 4 is 22.2 Å². The summed E-state index contributed by atoms with van der Waals surface area (Å²) in [6.07, 6.45) is 1.74. The molecule has 0 bridgehead atoms. The van der Waals surface area contributed by atoms with Crippen molar-refractivity contribution in [3.8, 4) is 11.5 Å². The fraction of sp³-hybridized carbons (Fsp3) is 0.294.